The predicted molar refractivity (Wildman–Crippen MR) is 73.5 cm³/mol. The number of aromatic amines is 1. The van der Waals surface area contributed by atoms with Crippen LogP contribution in [0.25, 0.3) is 10.9 Å². The maximum absolute atomic E-state index is 12.0. The molecular weight excluding hydrogens is 258 g/mol. The van der Waals surface area contributed by atoms with E-state index in [1.54, 1.807) is 12.3 Å². The van der Waals surface area contributed by atoms with E-state index in [-0.39, 0.29) is 5.82 Å². The Bertz CT molecular complexity index is 844. The predicted octanol–water partition coefficient (Wildman–Crippen LogP) is 0.909. The van der Waals surface area contributed by atoms with Crippen LogP contribution in [0.15, 0.2) is 41.3 Å². The Morgan fingerprint density at radius 2 is 2.10 bits per heavy atom. The van der Waals surface area contributed by atoms with Gasteiger partial charge in [-0.15, -0.1) is 5.10 Å². The number of hydrogen-bond acceptors (Lipinski definition) is 4. The van der Waals surface area contributed by atoms with E-state index in [1.165, 1.54) is 7.05 Å². The van der Waals surface area contributed by atoms with Crippen molar-refractivity contribution in [3.05, 3.63) is 52.8 Å². The van der Waals surface area contributed by atoms with E-state index in [0.717, 1.165) is 10.1 Å². The summed E-state index contributed by atoms with van der Waals surface area (Å²) in [6, 6.07) is 9.19. The number of aryl methyl sites for hydroxylation is 1. The molecule has 0 saturated heterocycles. The number of nitrogens with one attached hydrogen (secondary N) is 2. The number of rotatable bonds is 2. The number of amides is 1. The summed E-state index contributed by atoms with van der Waals surface area (Å²) >= 11 is 0. The highest BCUT2D eigenvalue weighted by Gasteiger charge is 2.13. The van der Waals surface area contributed by atoms with Crippen LogP contribution in [0.3, 0.4) is 0 Å². The van der Waals surface area contributed by atoms with Crippen molar-refractivity contribution in [3.8, 4) is 0 Å². The number of H-pyrrole nitrogens is 1. The highest BCUT2D eigenvalue weighted by molar-refractivity contribution is 6.06. The van der Waals surface area contributed by atoms with E-state index in [4.69, 9.17) is 0 Å². The summed E-state index contributed by atoms with van der Waals surface area (Å²) in [7, 11) is 1.47. The smallest absolute Gasteiger partial charge is 0.317 e. The van der Waals surface area contributed by atoms with Gasteiger partial charge >= 0.3 is 5.69 Å². The van der Waals surface area contributed by atoms with Crippen LogP contribution < -0.4 is 11.0 Å². The average Bonchev–Trinajstić information content (AvgIpc) is 2.79. The minimum atomic E-state index is -0.485. The molecule has 0 spiro atoms. The number of anilines is 1. The van der Waals surface area contributed by atoms with Gasteiger partial charge in [0.25, 0.3) is 5.91 Å². The van der Waals surface area contributed by atoms with E-state index in [2.05, 4.69) is 20.4 Å². The Hall–Kier alpha value is -2.96. The van der Waals surface area contributed by atoms with Crippen molar-refractivity contribution in [1.29, 1.82) is 0 Å². The summed E-state index contributed by atoms with van der Waals surface area (Å²) in [5, 5.41) is 7.41. The van der Waals surface area contributed by atoms with Gasteiger partial charge in [-0.2, -0.15) is 0 Å². The molecule has 2 aromatic heterocycles. The third kappa shape index (κ3) is 2.05. The number of carbonyl (C=O) groups is 1. The molecule has 20 heavy (non-hydrogen) atoms. The Morgan fingerprint density at radius 3 is 2.85 bits per heavy atom. The van der Waals surface area contributed by atoms with Crippen molar-refractivity contribution in [3.63, 3.8) is 0 Å². The number of para-hydroxylation sites is 1. The Morgan fingerprint density at radius 1 is 1.30 bits per heavy atom. The van der Waals surface area contributed by atoms with Crippen molar-refractivity contribution >= 4 is 22.5 Å². The highest BCUT2D eigenvalue weighted by atomic mass is 16.2. The second kappa shape index (κ2) is 4.61. The number of hydrogen-bond donors (Lipinski definition) is 2. The van der Waals surface area contributed by atoms with Crippen molar-refractivity contribution < 1.29 is 4.79 Å². The van der Waals surface area contributed by atoms with Crippen LogP contribution in [-0.2, 0) is 7.05 Å². The van der Waals surface area contributed by atoms with Crippen LogP contribution in [0, 0.1) is 0 Å². The summed E-state index contributed by atoms with van der Waals surface area (Å²) in [5.74, 6) is -0.522. The monoisotopic (exact) mass is 269 g/mol. The highest BCUT2D eigenvalue weighted by Crippen LogP contribution is 2.20. The van der Waals surface area contributed by atoms with E-state index < -0.39 is 11.6 Å². The molecule has 0 bridgehead atoms. The molecule has 0 saturated carbocycles. The molecule has 0 atom stereocenters. The first-order chi connectivity index (χ1) is 9.65. The van der Waals surface area contributed by atoms with Crippen molar-refractivity contribution in [2.45, 2.75) is 0 Å². The molecule has 7 heteroatoms. The summed E-state index contributed by atoms with van der Waals surface area (Å²) in [5.41, 5.74) is 0.812. The van der Waals surface area contributed by atoms with Crippen molar-refractivity contribution in [2.75, 3.05) is 5.32 Å². The molecule has 0 aliphatic rings. The number of nitrogens with zero attached hydrogens (tertiary/aromatic N) is 3. The van der Waals surface area contributed by atoms with Crippen molar-refractivity contribution in [1.82, 2.24) is 19.7 Å². The van der Waals surface area contributed by atoms with Gasteiger partial charge in [0, 0.05) is 18.6 Å². The van der Waals surface area contributed by atoms with E-state index in [9.17, 15) is 9.59 Å². The normalized spacial score (nSPS) is 10.7. The molecule has 7 nitrogen and oxygen atoms in total. The fraction of sp³-hybridized carbons (Fsp3) is 0.0769. The number of carbonyl (C=O) groups excluding carboxylic acids is 1. The summed E-state index contributed by atoms with van der Waals surface area (Å²) < 4.78 is 1.07. The first-order valence-electron chi connectivity index (χ1n) is 5.93. The van der Waals surface area contributed by atoms with Crippen LogP contribution in [0.1, 0.15) is 10.6 Å². The molecule has 1 amide bonds. The lowest BCUT2D eigenvalue weighted by Crippen LogP contribution is -2.15. The van der Waals surface area contributed by atoms with Gasteiger partial charge in [-0.3, -0.25) is 14.8 Å². The minimum Gasteiger partial charge on any atom is -0.317 e. The third-order valence-electron chi connectivity index (χ3n) is 2.87. The van der Waals surface area contributed by atoms with Gasteiger partial charge in [-0.1, -0.05) is 18.2 Å². The molecule has 0 aliphatic carbocycles. The first-order valence-corrected chi connectivity index (χ1v) is 5.93. The molecule has 3 aromatic rings. The largest absolute Gasteiger partial charge is 0.343 e. The van der Waals surface area contributed by atoms with E-state index in [0.29, 0.717) is 11.2 Å². The summed E-state index contributed by atoms with van der Waals surface area (Å²) in [4.78, 5) is 29.9. The summed E-state index contributed by atoms with van der Waals surface area (Å²) in [6.07, 6.45) is 1.65. The molecule has 2 heterocycles. The van der Waals surface area contributed by atoms with Gasteiger partial charge in [-0.05, 0) is 12.1 Å². The SMILES string of the molecule is Cn1nc(C(=O)Nc2cccc3cccnc23)[nH]c1=O. The zero-order valence-electron chi connectivity index (χ0n) is 10.6. The molecule has 1 aromatic carbocycles. The van der Waals surface area contributed by atoms with Crippen LogP contribution >= 0.6 is 0 Å². The zero-order chi connectivity index (χ0) is 14.1. The molecule has 0 unspecified atom stereocenters. The molecule has 0 radical (unpaired) electrons. The lowest BCUT2D eigenvalue weighted by Gasteiger charge is -2.06. The molecule has 0 aliphatic heterocycles. The van der Waals surface area contributed by atoms with Gasteiger partial charge in [0.05, 0.1) is 11.2 Å². The molecule has 2 N–H and O–H groups in total. The van der Waals surface area contributed by atoms with Crippen LogP contribution in [-0.4, -0.2) is 25.7 Å². The third-order valence-corrected chi connectivity index (χ3v) is 2.87. The van der Waals surface area contributed by atoms with Gasteiger partial charge < -0.3 is 5.32 Å². The molecule has 3 rings (SSSR count). The molecule has 0 fully saturated rings. The number of aromatic nitrogens is 4. The minimum absolute atomic E-state index is 0.0366. The van der Waals surface area contributed by atoms with E-state index in [1.807, 2.05) is 24.3 Å². The average molecular weight is 269 g/mol. The number of benzene rings is 1. The van der Waals surface area contributed by atoms with E-state index >= 15 is 0 Å². The Kier molecular flexibility index (Phi) is 2.79. The second-order valence-corrected chi connectivity index (χ2v) is 4.24. The lowest BCUT2D eigenvalue weighted by molar-refractivity contribution is 0.101. The Balaban J connectivity index is 1.97. The quantitative estimate of drug-likeness (QED) is 0.723. The first kappa shape index (κ1) is 12.1. The fourth-order valence-electron chi connectivity index (χ4n) is 1.89. The zero-order valence-corrected chi connectivity index (χ0v) is 10.6. The number of pyridine rings is 1. The van der Waals surface area contributed by atoms with Crippen LogP contribution in [0.2, 0.25) is 0 Å². The van der Waals surface area contributed by atoms with Gasteiger partial charge in [-0.25, -0.2) is 9.48 Å². The fourth-order valence-corrected chi connectivity index (χ4v) is 1.89. The van der Waals surface area contributed by atoms with Gasteiger partial charge in [0.1, 0.15) is 0 Å². The molecule has 100 valence electrons. The maximum Gasteiger partial charge on any atom is 0.343 e. The standard InChI is InChI=1S/C13H11N5O2/c1-18-13(20)16-11(17-18)12(19)15-9-6-2-4-8-5-3-7-14-10(8)9/h2-7H,1H3,(H,15,19)(H,16,17,20). The number of fused-ring (bicyclic) bond motifs is 1. The second-order valence-electron chi connectivity index (χ2n) is 4.24. The van der Waals surface area contributed by atoms with Crippen LogP contribution in [0.5, 0.6) is 0 Å². The summed E-state index contributed by atoms with van der Waals surface area (Å²) in [6.45, 7) is 0. The Labute approximate surface area is 113 Å². The lowest BCUT2D eigenvalue weighted by atomic mass is 10.2. The van der Waals surface area contributed by atoms with Crippen molar-refractivity contribution in [2.24, 2.45) is 7.05 Å². The van der Waals surface area contributed by atoms with Gasteiger partial charge in [0.15, 0.2) is 0 Å². The maximum atomic E-state index is 12.0. The topological polar surface area (TPSA) is 92.7 Å². The van der Waals surface area contributed by atoms with Crippen LogP contribution in [0.4, 0.5) is 5.69 Å². The molecular formula is C13H11N5O2. The van der Waals surface area contributed by atoms with Gasteiger partial charge in [0.2, 0.25) is 5.82 Å².